The van der Waals surface area contributed by atoms with Crippen LogP contribution in [0.5, 0.6) is 0 Å². The zero-order valence-electron chi connectivity index (χ0n) is 12.1. The zero-order chi connectivity index (χ0) is 15.1. The van der Waals surface area contributed by atoms with Crippen molar-refractivity contribution >= 4 is 12.2 Å². The Morgan fingerprint density at radius 2 is 1.86 bits per heavy atom. The maximum Gasteiger partial charge on any atom is 0.251 e. The molecule has 3 nitrogen and oxygen atoms in total. The van der Waals surface area contributed by atoms with Crippen LogP contribution in [0.1, 0.15) is 29.5 Å². The molecule has 0 radical (unpaired) electrons. The molecule has 0 unspecified atom stereocenters. The molecule has 1 aromatic carbocycles. The second-order valence-corrected chi connectivity index (χ2v) is 5.00. The summed E-state index contributed by atoms with van der Waals surface area (Å²) in [6, 6.07) is 13.8. The van der Waals surface area contributed by atoms with E-state index < -0.39 is 0 Å². The molecule has 3 heteroatoms. The summed E-state index contributed by atoms with van der Waals surface area (Å²) in [6.45, 7) is 2.65. The van der Waals surface area contributed by atoms with E-state index in [2.05, 4.69) is 37.3 Å². The first kappa shape index (κ1) is 14.8. The molecule has 0 atom stereocenters. The number of unbranched alkanes of at least 4 members (excludes halogenated alkanes) is 1. The lowest BCUT2D eigenvalue weighted by atomic mass is 10.1. The number of pyridine rings is 1. The van der Waals surface area contributed by atoms with Gasteiger partial charge in [0.05, 0.1) is 6.07 Å². The second-order valence-electron chi connectivity index (χ2n) is 5.00. The second kappa shape index (κ2) is 7.25. The first-order valence-electron chi connectivity index (χ1n) is 7.01. The van der Waals surface area contributed by atoms with Crippen molar-refractivity contribution in [1.29, 1.82) is 5.26 Å². The topological polar surface area (TPSA) is 45.8 Å². The van der Waals surface area contributed by atoms with Gasteiger partial charge in [0.15, 0.2) is 0 Å². The number of aryl methyl sites for hydroxylation is 2. The summed E-state index contributed by atoms with van der Waals surface area (Å²) < 4.78 is 1.64. The minimum Gasteiger partial charge on any atom is -0.315 e. The Labute approximate surface area is 124 Å². The molecule has 0 aliphatic carbocycles. The van der Waals surface area contributed by atoms with Crippen molar-refractivity contribution in [3.8, 4) is 6.07 Å². The highest BCUT2D eigenvalue weighted by Crippen LogP contribution is 2.08. The Bertz CT molecular complexity index is 718. The maximum atomic E-state index is 11.9. The highest BCUT2D eigenvalue weighted by Gasteiger charge is 1.97. The first-order chi connectivity index (χ1) is 10.2. The number of hydrogen-bond donors (Lipinski definition) is 0. The van der Waals surface area contributed by atoms with Crippen LogP contribution >= 0.6 is 0 Å². The molecule has 0 fully saturated rings. The molecule has 1 heterocycles. The summed E-state index contributed by atoms with van der Waals surface area (Å²) in [7, 11) is 0. The number of aromatic nitrogens is 1. The third kappa shape index (κ3) is 4.47. The molecule has 0 spiro atoms. The SMILES string of the molecule is Cc1ccc(/C=C/c2ccn(CCCC#N)c(=O)c2)cc1. The van der Waals surface area contributed by atoms with Gasteiger partial charge in [0, 0.05) is 25.2 Å². The largest absolute Gasteiger partial charge is 0.315 e. The fourth-order valence-corrected chi connectivity index (χ4v) is 2.01. The van der Waals surface area contributed by atoms with E-state index in [0.29, 0.717) is 19.4 Å². The van der Waals surface area contributed by atoms with Gasteiger partial charge in [0.25, 0.3) is 5.56 Å². The quantitative estimate of drug-likeness (QED) is 0.784. The van der Waals surface area contributed by atoms with Crippen LogP contribution < -0.4 is 5.56 Å². The normalized spacial score (nSPS) is 10.7. The van der Waals surface area contributed by atoms with Gasteiger partial charge < -0.3 is 4.57 Å². The Morgan fingerprint density at radius 1 is 1.14 bits per heavy atom. The summed E-state index contributed by atoms with van der Waals surface area (Å²) >= 11 is 0. The van der Waals surface area contributed by atoms with Crippen molar-refractivity contribution in [1.82, 2.24) is 4.57 Å². The number of nitrogens with zero attached hydrogens (tertiary/aromatic N) is 2. The molecule has 0 saturated heterocycles. The lowest BCUT2D eigenvalue weighted by Gasteiger charge is -2.03. The van der Waals surface area contributed by atoms with E-state index in [-0.39, 0.29) is 5.56 Å². The molecule has 0 saturated carbocycles. The fourth-order valence-electron chi connectivity index (χ4n) is 2.01. The van der Waals surface area contributed by atoms with Crippen molar-refractivity contribution in [3.63, 3.8) is 0 Å². The van der Waals surface area contributed by atoms with Gasteiger partial charge in [-0.1, -0.05) is 42.0 Å². The average Bonchev–Trinajstić information content (AvgIpc) is 2.49. The van der Waals surface area contributed by atoms with Gasteiger partial charge in [-0.2, -0.15) is 5.26 Å². The minimum absolute atomic E-state index is 0.0287. The first-order valence-corrected chi connectivity index (χ1v) is 7.01. The van der Waals surface area contributed by atoms with Gasteiger partial charge in [-0.05, 0) is 30.5 Å². The molecule has 0 N–H and O–H groups in total. The van der Waals surface area contributed by atoms with E-state index in [1.165, 1.54) is 5.56 Å². The summed E-state index contributed by atoms with van der Waals surface area (Å²) in [4.78, 5) is 11.9. The Balaban J connectivity index is 2.08. The number of rotatable bonds is 5. The van der Waals surface area contributed by atoms with Gasteiger partial charge in [0.2, 0.25) is 0 Å². The van der Waals surface area contributed by atoms with Crippen molar-refractivity contribution < 1.29 is 0 Å². The van der Waals surface area contributed by atoms with Crippen LogP contribution in [0.2, 0.25) is 0 Å². The Kier molecular flexibility index (Phi) is 5.11. The van der Waals surface area contributed by atoms with Crippen molar-refractivity contribution in [3.05, 3.63) is 69.6 Å². The molecule has 106 valence electrons. The molecule has 2 rings (SSSR count). The molecule has 2 aromatic rings. The maximum absolute atomic E-state index is 11.9. The highest BCUT2D eigenvalue weighted by molar-refractivity contribution is 5.69. The van der Waals surface area contributed by atoms with Crippen LogP contribution in [0.15, 0.2) is 47.4 Å². The molecule has 1 aromatic heterocycles. The van der Waals surface area contributed by atoms with E-state index in [0.717, 1.165) is 11.1 Å². The third-order valence-corrected chi connectivity index (χ3v) is 3.25. The number of benzene rings is 1. The molecule has 0 aliphatic heterocycles. The molecule has 0 amide bonds. The molecule has 0 bridgehead atoms. The summed E-state index contributed by atoms with van der Waals surface area (Å²) in [5.74, 6) is 0. The summed E-state index contributed by atoms with van der Waals surface area (Å²) in [5, 5.41) is 8.51. The van der Waals surface area contributed by atoms with Crippen LogP contribution in [0, 0.1) is 18.3 Å². The average molecular weight is 278 g/mol. The van der Waals surface area contributed by atoms with Crippen LogP contribution in [0.25, 0.3) is 12.2 Å². The predicted molar refractivity (Wildman–Crippen MR) is 85.7 cm³/mol. The van der Waals surface area contributed by atoms with Gasteiger partial charge in [-0.3, -0.25) is 4.79 Å². The standard InChI is InChI=1S/C18H18N2O/c1-15-4-6-16(7-5-15)8-9-17-10-13-20(18(21)14-17)12-3-2-11-19/h4-10,13-14H,2-3,12H2,1H3/b9-8+. The van der Waals surface area contributed by atoms with E-state index in [9.17, 15) is 4.79 Å². The summed E-state index contributed by atoms with van der Waals surface area (Å²) in [6.07, 6.45) is 6.89. The monoisotopic (exact) mass is 278 g/mol. The van der Waals surface area contributed by atoms with Crippen LogP contribution in [-0.4, -0.2) is 4.57 Å². The van der Waals surface area contributed by atoms with E-state index in [1.54, 1.807) is 16.8 Å². The molecular weight excluding hydrogens is 260 g/mol. The molecule has 21 heavy (non-hydrogen) atoms. The van der Waals surface area contributed by atoms with Crippen LogP contribution in [0.4, 0.5) is 0 Å². The molecular formula is C18H18N2O. The van der Waals surface area contributed by atoms with Crippen LogP contribution in [-0.2, 0) is 6.54 Å². The van der Waals surface area contributed by atoms with Gasteiger partial charge in [-0.25, -0.2) is 0 Å². The zero-order valence-corrected chi connectivity index (χ0v) is 12.1. The van der Waals surface area contributed by atoms with Crippen molar-refractivity contribution in [2.24, 2.45) is 0 Å². The Hall–Kier alpha value is -2.60. The summed E-state index contributed by atoms with van der Waals surface area (Å²) in [5.41, 5.74) is 3.20. The predicted octanol–water partition coefficient (Wildman–Crippen LogP) is 3.63. The van der Waals surface area contributed by atoms with Crippen LogP contribution in [0.3, 0.4) is 0 Å². The van der Waals surface area contributed by atoms with Crippen molar-refractivity contribution in [2.45, 2.75) is 26.3 Å². The van der Waals surface area contributed by atoms with Gasteiger partial charge in [0.1, 0.15) is 0 Å². The lowest BCUT2D eigenvalue weighted by molar-refractivity contribution is 0.631. The van der Waals surface area contributed by atoms with Crippen molar-refractivity contribution in [2.75, 3.05) is 0 Å². The van der Waals surface area contributed by atoms with E-state index >= 15 is 0 Å². The highest BCUT2D eigenvalue weighted by atomic mass is 16.1. The third-order valence-electron chi connectivity index (χ3n) is 3.25. The van der Waals surface area contributed by atoms with Gasteiger partial charge in [-0.15, -0.1) is 0 Å². The van der Waals surface area contributed by atoms with E-state index in [4.69, 9.17) is 5.26 Å². The fraction of sp³-hybridized carbons (Fsp3) is 0.222. The van der Waals surface area contributed by atoms with Gasteiger partial charge >= 0.3 is 0 Å². The van der Waals surface area contributed by atoms with E-state index in [1.807, 2.05) is 18.2 Å². The molecule has 0 aliphatic rings. The Morgan fingerprint density at radius 3 is 2.52 bits per heavy atom. The lowest BCUT2D eigenvalue weighted by Crippen LogP contribution is -2.18. The smallest absolute Gasteiger partial charge is 0.251 e. The number of hydrogen-bond acceptors (Lipinski definition) is 2. The minimum atomic E-state index is -0.0287. The number of nitriles is 1.